The molecule has 0 saturated heterocycles. The fraction of sp³-hybridized carbons (Fsp3) is 0.0952. The lowest BCUT2D eigenvalue weighted by atomic mass is 9.96. The number of anilines is 1. The molecule has 3 nitrogen and oxygen atoms in total. The number of para-hydroxylation sites is 1. The Morgan fingerprint density at radius 3 is 2.58 bits per heavy atom. The van der Waals surface area contributed by atoms with Gasteiger partial charge in [-0.3, -0.25) is 0 Å². The molecule has 5 rings (SSSR count). The number of benzene rings is 3. The van der Waals surface area contributed by atoms with Crippen molar-refractivity contribution in [2.75, 3.05) is 12.4 Å². The van der Waals surface area contributed by atoms with Gasteiger partial charge in [0.25, 0.3) is 0 Å². The van der Waals surface area contributed by atoms with E-state index in [-0.39, 0.29) is 0 Å². The van der Waals surface area contributed by atoms with E-state index in [1.165, 1.54) is 27.4 Å². The summed E-state index contributed by atoms with van der Waals surface area (Å²) in [6.07, 6.45) is 0. The lowest BCUT2D eigenvalue weighted by Crippen LogP contribution is -2.33. The number of nitrogens with one attached hydrogen (secondary N) is 1. The Kier molecular flexibility index (Phi) is 2.63. The first kappa shape index (κ1) is 13.4. The Hall–Kier alpha value is -3.07. The van der Waals surface area contributed by atoms with Crippen molar-refractivity contribution < 1.29 is 9.30 Å². The zero-order chi connectivity index (χ0) is 16.3. The topological polar surface area (TPSA) is 25.1 Å². The summed E-state index contributed by atoms with van der Waals surface area (Å²) in [7, 11) is 4.09. The summed E-state index contributed by atoms with van der Waals surface area (Å²) in [5.74, 6) is 1.84. The largest absolute Gasteiger partial charge is 0.456 e. The Balaban J connectivity index is 2.05. The molecule has 2 heterocycles. The molecule has 0 amide bonds. The Labute approximate surface area is 140 Å². The quantitative estimate of drug-likeness (QED) is 0.360. The fourth-order valence-electron chi connectivity index (χ4n) is 3.75. The number of fused-ring (bicyclic) bond motifs is 4. The highest BCUT2D eigenvalue weighted by Crippen LogP contribution is 2.46. The van der Waals surface area contributed by atoms with E-state index in [1.807, 2.05) is 19.2 Å². The molecule has 0 fully saturated rings. The molecule has 1 aromatic heterocycles. The Morgan fingerprint density at radius 2 is 1.71 bits per heavy atom. The van der Waals surface area contributed by atoms with Gasteiger partial charge < -0.3 is 10.1 Å². The molecular formula is C21H17N2O+. The summed E-state index contributed by atoms with van der Waals surface area (Å²) in [5, 5.41) is 6.89. The Bertz CT molecular complexity index is 1130. The maximum atomic E-state index is 6.17. The predicted molar refractivity (Wildman–Crippen MR) is 97.7 cm³/mol. The summed E-state index contributed by atoms with van der Waals surface area (Å²) >= 11 is 0. The second-order valence-electron chi connectivity index (χ2n) is 6.17. The molecule has 0 radical (unpaired) electrons. The minimum absolute atomic E-state index is 0.914. The van der Waals surface area contributed by atoms with Crippen molar-refractivity contribution >= 4 is 27.4 Å². The number of ether oxygens (including phenoxy) is 1. The molecule has 0 aliphatic carbocycles. The van der Waals surface area contributed by atoms with Crippen LogP contribution in [0.1, 0.15) is 0 Å². The first-order valence-corrected chi connectivity index (χ1v) is 8.11. The average molecular weight is 313 g/mol. The highest BCUT2D eigenvalue weighted by Gasteiger charge is 2.29. The van der Waals surface area contributed by atoms with Crippen LogP contribution in [0.3, 0.4) is 0 Å². The van der Waals surface area contributed by atoms with Crippen molar-refractivity contribution in [1.82, 2.24) is 0 Å². The van der Waals surface area contributed by atoms with Crippen molar-refractivity contribution in [2.24, 2.45) is 7.05 Å². The third-order valence-electron chi connectivity index (χ3n) is 4.90. The number of pyridine rings is 1. The minimum Gasteiger partial charge on any atom is -0.456 e. The number of aryl methyl sites for hydroxylation is 1. The first-order chi connectivity index (χ1) is 11.8. The molecule has 0 atom stereocenters. The second kappa shape index (κ2) is 4.71. The number of aromatic nitrogens is 1. The molecule has 1 aliphatic rings. The van der Waals surface area contributed by atoms with E-state index < -0.39 is 0 Å². The van der Waals surface area contributed by atoms with Gasteiger partial charge in [-0.15, -0.1) is 0 Å². The maximum absolute atomic E-state index is 6.17. The van der Waals surface area contributed by atoms with E-state index >= 15 is 0 Å². The molecule has 24 heavy (non-hydrogen) atoms. The van der Waals surface area contributed by atoms with E-state index in [0.29, 0.717) is 0 Å². The third-order valence-corrected chi connectivity index (χ3v) is 4.90. The standard InChI is InChI=1S/C21H16N2O/c1-22-13-10-11-14-15-7-5-9-19-20(15)21(23(2)17(14)12-13)16-6-3-4-8-18(16)24-19/h3-12H,1-2H3/p+1. The average Bonchev–Trinajstić information content (AvgIpc) is 2.64. The summed E-state index contributed by atoms with van der Waals surface area (Å²) in [5.41, 5.74) is 4.67. The molecule has 1 N–H and O–H groups in total. The maximum Gasteiger partial charge on any atom is 0.228 e. The van der Waals surface area contributed by atoms with Crippen LogP contribution in [0, 0.1) is 0 Å². The zero-order valence-electron chi connectivity index (χ0n) is 13.6. The summed E-state index contributed by atoms with van der Waals surface area (Å²) in [4.78, 5) is 0. The third kappa shape index (κ3) is 1.64. The van der Waals surface area contributed by atoms with Crippen molar-refractivity contribution in [3.05, 3.63) is 60.7 Å². The van der Waals surface area contributed by atoms with E-state index in [4.69, 9.17) is 4.74 Å². The van der Waals surface area contributed by atoms with Crippen LogP contribution in [0.25, 0.3) is 32.9 Å². The molecule has 116 valence electrons. The van der Waals surface area contributed by atoms with Crippen molar-refractivity contribution in [3.63, 3.8) is 0 Å². The van der Waals surface area contributed by atoms with E-state index in [2.05, 4.69) is 65.5 Å². The molecule has 0 spiro atoms. The van der Waals surface area contributed by atoms with Gasteiger partial charge in [0.1, 0.15) is 18.5 Å². The molecule has 0 saturated carbocycles. The highest BCUT2D eigenvalue weighted by molar-refractivity contribution is 6.12. The minimum atomic E-state index is 0.914. The van der Waals surface area contributed by atoms with Gasteiger partial charge in [0.05, 0.1) is 16.3 Å². The van der Waals surface area contributed by atoms with E-state index in [0.717, 1.165) is 22.7 Å². The molecule has 1 aliphatic heterocycles. The number of hydrogen-bond acceptors (Lipinski definition) is 2. The smallest absolute Gasteiger partial charge is 0.228 e. The summed E-state index contributed by atoms with van der Waals surface area (Å²) in [6.45, 7) is 0. The normalized spacial score (nSPS) is 12.1. The van der Waals surface area contributed by atoms with Crippen LogP contribution in [0.4, 0.5) is 5.69 Å². The van der Waals surface area contributed by atoms with Crippen LogP contribution in [0.5, 0.6) is 11.5 Å². The van der Waals surface area contributed by atoms with Crippen molar-refractivity contribution in [3.8, 4) is 22.8 Å². The monoisotopic (exact) mass is 313 g/mol. The van der Waals surface area contributed by atoms with E-state index in [1.54, 1.807) is 0 Å². The van der Waals surface area contributed by atoms with Crippen LogP contribution in [0.15, 0.2) is 60.7 Å². The molecule has 4 aromatic rings. The Morgan fingerprint density at radius 1 is 0.875 bits per heavy atom. The molecule has 3 heteroatoms. The molecular weight excluding hydrogens is 296 g/mol. The van der Waals surface area contributed by atoms with Gasteiger partial charge in [-0.05, 0) is 30.3 Å². The van der Waals surface area contributed by atoms with Crippen LogP contribution in [-0.4, -0.2) is 7.05 Å². The summed E-state index contributed by atoms with van der Waals surface area (Å²) in [6, 6.07) is 21.1. The summed E-state index contributed by atoms with van der Waals surface area (Å²) < 4.78 is 8.45. The molecule has 0 bridgehead atoms. The van der Waals surface area contributed by atoms with Gasteiger partial charge in [-0.25, -0.2) is 0 Å². The first-order valence-electron chi connectivity index (χ1n) is 8.11. The lowest BCUT2D eigenvalue weighted by Gasteiger charge is -2.20. The van der Waals surface area contributed by atoms with Crippen molar-refractivity contribution in [2.45, 2.75) is 0 Å². The lowest BCUT2D eigenvalue weighted by molar-refractivity contribution is -0.632. The van der Waals surface area contributed by atoms with Crippen LogP contribution in [0.2, 0.25) is 0 Å². The van der Waals surface area contributed by atoms with Crippen LogP contribution < -0.4 is 14.6 Å². The predicted octanol–water partition coefficient (Wildman–Crippen LogP) is 4.63. The van der Waals surface area contributed by atoms with Gasteiger partial charge in [-0.1, -0.05) is 24.3 Å². The number of hydrogen-bond donors (Lipinski definition) is 1. The molecule has 0 unspecified atom stereocenters. The second-order valence-corrected chi connectivity index (χ2v) is 6.17. The van der Waals surface area contributed by atoms with Crippen LogP contribution in [-0.2, 0) is 7.05 Å². The number of rotatable bonds is 1. The van der Waals surface area contributed by atoms with Gasteiger partial charge in [0.2, 0.25) is 11.2 Å². The van der Waals surface area contributed by atoms with Crippen LogP contribution >= 0.6 is 0 Å². The molecule has 3 aromatic carbocycles. The van der Waals surface area contributed by atoms with Gasteiger partial charge in [0, 0.05) is 24.2 Å². The number of nitrogens with zero attached hydrogens (tertiary/aromatic N) is 1. The fourth-order valence-corrected chi connectivity index (χ4v) is 3.75. The van der Waals surface area contributed by atoms with E-state index in [9.17, 15) is 0 Å². The van der Waals surface area contributed by atoms with Gasteiger partial charge in [0.15, 0.2) is 0 Å². The van der Waals surface area contributed by atoms with Gasteiger partial charge in [-0.2, -0.15) is 4.57 Å². The zero-order valence-corrected chi connectivity index (χ0v) is 13.6. The van der Waals surface area contributed by atoms with Crippen molar-refractivity contribution in [1.29, 1.82) is 0 Å². The highest BCUT2D eigenvalue weighted by atomic mass is 16.5. The SMILES string of the molecule is CNc1ccc2c3cccc4c3c([n+](C)c2c1)-c1ccccc1O4. The van der Waals surface area contributed by atoms with Gasteiger partial charge >= 0.3 is 0 Å².